The largest absolute Gasteiger partial charge is 0.461 e. The first-order chi connectivity index (χ1) is 15.4. The summed E-state index contributed by atoms with van der Waals surface area (Å²) in [6.45, 7) is 1.79. The van der Waals surface area contributed by atoms with Crippen molar-refractivity contribution in [2.75, 3.05) is 30.7 Å². The molecule has 32 heavy (non-hydrogen) atoms. The number of aromatic nitrogens is 4. The Balaban J connectivity index is 1.45. The average molecular weight is 462 g/mol. The van der Waals surface area contributed by atoms with Gasteiger partial charge in [0.1, 0.15) is 29.9 Å². The maximum absolute atomic E-state index is 14.7. The van der Waals surface area contributed by atoms with Crippen LogP contribution in [-0.4, -0.2) is 56.2 Å². The Bertz CT molecular complexity index is 1170. The van der Waals surface area contributed by atoms with Crippen LogP contribution in [0.4, 0.5) is 20.4 Å². The molecule has 3 aromatic rings. The fourth-order valence-electron chi connectivity index (χ4n) is 4.64. The van der Waals surface area contributed by atoms with Gasteiger partial charge in [0.15, 0.2) is 11.0 Å². The lowest BCUT2D eigenvalue weighted by molar-refractivity contribution is 0.107. The van der Waals surface area contributed by atoms with Crippen LogP contribution < -0.4 is 15.8 Å². The van der Waals surface area contributed by atoms with Crippen molar-refractivity contribution in [3.8, 4) is 6.01 Å². The molecule has 0 saturated carbocycles. The number of ether oxygens (including phenoxy) is 1. The molecule has 0 amide bonds. The number of fused-ring (bicyclic) bond motifs is 2. The second-order valence-electron chi connectivity index (χ2n) is 8.25. The number of hydrogen-bond donors (Lipinski definition) is 2. The molecular formula is C21H22ClF2N7O. The van der Waals surface area contributed by atoms with Crippen LogP contribution in [0.25, 0.3) is 10.9 Å². The molecule has 3 aromatic heterocycles. The van der Waals surface area contributed by atoms with Gasteiger partial charge in [-0.25, -0.2) is 18.7 Å². The van der Waals surface area contributed by atoms with Gasteiger partial charge in [-0.3, -0.25) is 4.90 Å². The molecule has 5 heterocycles. The van der Waals surface area contributed by atoms with Crippen molar-refractivity contribution in [3.05, 3.63) is 41.1 Å². The maximum Gasteiger partial charge on any atom is 0.319 e. The summed E-state index contributed by atoms with van der Waals surface area (Å²) in [6, 6.07) is 3.59. The molecule has 2 atom stereocenters. The highest BCUT2D eigenvalue weighted by Gasteiger charge is 2.49. The number of halogens is 3. The van der Waals surface area contributed by atoms with E-state index < -0.39 is 12.0 Å². The zero-order valence-corrected chi connectivity index (χ0v) is 17.9. The highest BCUT2D eigenvalue weighted by molar-refractivity contribution is 6.30. The molecule has 0 spiro atoms. The van der Waals surface area contributed by atoms with E-state index in [1.807, 2.05) is 6.07 Å². The number of anilines is 2. The lowest BCUT2D eigenvalue weighted by Crippen LogP contribution is -2.43. The summed E-state index contributed by atoms with van der Waals surface area (Å²) in [5.41, 5.74) is 6.29. The fraction of sp³-hybridized carbons (Fsp3) is 0.429. The van der Waals surface area contributed by atoms with Gasteiger partial charge in [0.2, 0.25) is 0 Å². The van der Waals surface area contributed by atoms with Crippen molar-refractivity contribution in [2.45, 2.75) is 37.5 Å². The van der Waals surface area contributed by atoms with E-state index in [9.17, 15) is 8.78 Å². The quantitative estimate of drug-likeness (QED) is 0.539. The summed E-state index contributed by atoms with van der Waals surface area (Å²) >= 11 is 5.87. The molecule has 2 aliphatic rings. The van der Waals surface area contributed by atoms with Crippen molar-refractivity contribution in [3.63, 3.8) is 0 Å². The highest BCUT2D eigenvalue weighted by Crippen LogP contribution is 2.40. The Morgan fingerprint density at radius 3 is 3.06 bits per heavy atom. The van der Waals surface area contributed by atoms with Gasteiger partial charge in [0.25, 0.3) is 0 Å². The third kappa shape index (κ3) is 3.77. The predicted octanol–water partition coefficient (Wildman–Crippen LogP) is 3.36. The summed E-state index contributed by atoms with van der Waals surface area (Å²) in [4.78, 5) is 18.7. The number of alkyl halides is 1. The van der Waals surface area contributed by atoms with Crippen LogP contribution in [0.5, 0.6) is 6.01 Å². The second kappa shape index (κ2) is 8.25. The third-order valence-corrected chi connectivity index (χ3v) is 6.49. The molecular weight excluding hydrogens is 440 g/mol. The molecule has 0 bridgehead atoms. The molecule has 2 fully saturated rings. The van der Waals surface area contributed by atoms with Crippen molar-refractivity contribution >= 4 is 34.1 Å². The van der Waals surface area contributed by atoms with Gasteiger partial charge in [0.05, 0.1) is 10.9 Å². The number of nitrogens with one attached hydrogen (secondary N) is 1. The molecule has 2 saturated heterocycles. The molecule has 0 unspecified atom stereocenters. The Morgan fingerprint density at radius 2 is 2.22 bits per heavy atom. The van der Waals surface area contributed by atoms with Crippen molar-refractivity contribution in [2.24, 2.45) is 0 Å². The first-order valence-electron chi connectivity index (χ1n) is 10.4. The molecule has 5 rings (SSSR count). The van der Waals surface area contributed by atoms with E-state index in [2.05, 4.69) is 30.2 Å². The molecule has 168 valence electrons. The molecule has 0 aromatic carbocycles. The molecule has 3 N–H and O–H groups in total. The van der Waals surface area contributed by atoms with Gasteiger partial charge < -0.3 is 15.8 Å². The van der Waals surface area contributed by atoms with E-state index in [-0.39, 0.29) is 28.8 Å². The number of pyridine rings is 2. The van der Waals surface area contributed by atoms with Crippen LogP contribution in [0.15, 0.2) is 24.5 Å². The van der Waals surface area contributed by atoms with Gasteiger partial charge in [-0.1, -0.05) is 17.7 Å². The highest BCUT2D eigenvalue weighted by atomic mass is 35.5. The SMILES string of the molecule is Nc1ncccc1CNc1nc(OC[C@@]23CCCN2C[C@H](F)C3)nc2c(F)c(Cl)ncc12. The molecule has 8 nitrogen and oxygen atoms in total. The molecule has 0 aliphatic carbocycles. The Kier molecular flexibility index (Phi) is 5.42. The van der Waals surface area contributed by atoms with Crippen LogP contribution >= 0.6 is 11.6 Å². The van der Waals surface area contributed by atoms with Crippen molar-refractivity contribution < 1.29 is 13.5 Å². The first-order valence-corrected chi connectivity index (χ1v) is 10.8. The van der Waals surface area contributed by atoms with Crippen LogP contribution in [0, 0.1) is 5.82 Å². The lowest BCUT2D eigenvalue weighted by Gasteiger charge is -2.30. The average Bonchev–Trinajstić information content (AvgIpc) is 3.30. The summed E-state index contributed by atoms with van der Waals surface area (Å²) in [7, 11) is 0. The zero-order valence-electron chi connectivity index (χ0n) is 17.2. The van der Waals surface area contributed by atoms with Gasteiger partial charge in [-0.15, -0.1) is 0 Å². The maximum atomic E-state index is 14.7. The monoisotopic (exact) mass is 461 g/mol. The Labute approximate surface area is 188 Å². The minimum atomic E-state index is -0.874. The number of nitrogens with zero attached hydrogens (tertiary/aromatic N) is 5. The van der Waals surface area contributed by atoms with E-state index in [0.29, 0.717) is 36.5 Å². The summed E-state index contributed by atoms with van der Waals surface area (Å²) in [6.07, 6.45) is 4.38. The van der Waals surface area contributed by atoms with Crippen molar-refractivity contribution in [1.29, 1.82) is 0 Å². The second-order valence-corrected chi connectivity index (χ2v) is 8.60. The van der Waals surface area contributed by atoms with Gasteiger partial charge in [-0.2, -0.15) is 9.97 Å². The normalized spacial score (nSPS) is 22.9. The van der Waals surface area contributed by atoms with Crippen molar-refractivity contribution in [1.82, 2.24) is 24.8 Å². The van der Waals surface area contributed by atoms with Gasteiger partial charge >= 0.3 is 6.01 Å². The molecule has 2 aliphatic heterocycles. The van der Waals surface area contributed by atoms with Gasteiger partial charge in [-0.05, 0) is 25.5 Å². The van der Waals surface area contributed by atoms with Crippen LogP contribution in [0.3, 0.4) is 0 Å². The number of rotatable bonds is 6. The van der Waals surface area contributed by atoms with Crippen LogP contribution in [0.1, 0.15) is 24.8 Å². The Morgan fingerprint density at radius 1 is 1.34 bits per heavy atom. The van der Waals surface area contributed by atoms with E-state index in [1.165, 1.54) is 6.20 Å². The van der Waals surface area contributed by atoms with Crippen LogP contribution in [-0.2, 0) is 6.54 Å². The summed E-state index contributed by atoms with van der Waals surface area (Å²) in [5, 5.41) is 3.20. The number of nitrogens with two attached hydrogens (primary N) is 1. The molecule has 11 heteroatoms. The van der Waals surface area contributed by atoms with E-state index >= 15 is 0 Å². The standard InChI is InChI=1S/C21H22ClF2N7O/c22-17-15(24)16-14(9-27-17)19(28-8-12-3-1-5-26-18(12)25)30-20(29-16)32-11-21-4-2-6-31(21)10-13(23)7-21/h1,3,5,9,13H,2,4,6-8,10-11H2,(H2,25,26)(H,28,29,30)/t13-,21+/m1/s1. The number of hydrogen-bond acceptors (Lipinski definition) is 8. The minimum Gasteiger partial charge on any atom is -0.461 e. The van der Waals surface area contributed by atoms with E-state index in [4.69, 9.17) is 22.1 Å². The summed E-state index contributed by atoms with van der Waals surface area (Å²) in [5.74, 6) is -0.0535. The minimum absolute atomic E-state index is 0.00720. The Hall–Kier alpha value is -2.85. The molecule has 0 radical (unpaired) electrons. The lowest BCUT2D eigenvalue weighted by atomic mass is 9.95. The third-order valence-electron chi connectivity index (χ3n) is 6.22. The number of nitrogen functional groups attached to an aromatic ring is 1. The fourth-order valence-corrected chi connectivity index (χ4v) is 4.78. The van der Waals surface area contributed by atoms with E-state index in [0.717, 1.165) is 24.9 Å². The summed E-state index contributed by atoms with van der Waals surface area (Å²) < 4.78 is 34.7. The van der Waals surface area contributed by atoms with Gasteiger partial charge in [0, 0.05) is 37.5 Å². The topological polar surface area (TPSA) is 102 Å². The first kappa shape index (κ1) is 21.0. The van der Waals surface area contributed by atoms with E-state index in [1.54, 1.807) is 12.3 Å². The predicted molar refractivity (Wildman–Crippen MR) is 117 cm³/mol. The zero-order chi connectivity index (χ0) is 22.3. The smallest absolute Gasteiger partial charge is 0.319 e. The van der Waals surface area contributed by atoms with Crippen LogP contribution in [0.2, 0.25) is 5.15 Å².